The smallest absolute Gasteiger partial charge is 0.200 e. The maximum absolute atomic E-state index is 12.8. The van der Waals surface area contributed by atoms with Gasteiger partial charge in [0.25, 0.3) is 0 Å². The van der Waals surface area contributed by atoms with Crippen LogP contribution in [0.5, 0.6) is 0 Å². The largest absolute Gasteiger partial charge is 0.440 e. The number of anilines is 1. The second-order valence-electron chi connectivity index (χ2n) is 7.18. The van der Waals surface area contributed by atoms with E-state index in [1.807, 2.05) is 42.5 Å². The van der Waals surface area contributed by atoms with Crippen LogP contribution in [0, 0.1) is 0 Å². The Bertz CT molecular complexity index is 1210. The summed E-state index contributed by atoms with van der Waals surface area (Å²) in [6.45, 7) is 2.73. The zero-order valence-corrected chi connectivity index (χ0v) is 16.0. The Morgan fingerprint density at radius 1 is 0.724 bits per heavy atom. The van der Waals surface area contributed by atoms with Gasteiger partial charge in [-0.3, -0.25) is 4.79 Å². The first-order valence-corrected chi connectivity index (χ1v) is 9.85. The number of para-hydroxylation sites is 1. The molecule has 4 aromatic rings. The molecular formula is C25H21NO3. The van der Waals surface area contributed by atoms with Crippen molar-refractivity contribution in [1.82, 2.24) is 0 Å². The number of rotatable bonds is 3. The summed E-state index contributed by atoms with van der Waals surface area (Å²) in [7, 11) is 0. The predicted octanol–water partition coefficient (Wildman–Crippen LogP) is 4.96. The summed E-state index contributed by atoms with van der Waals surface area (Å²) in [5.41, 5.74) is 4.85. The normalized spacial score (nSPS) is 14.3. The Kier molecular flexibility index (Phi) is 4.62. The number of hydrogen-bond acceptors (Lipinski definition) is 4. The molecule has 0 bridgehead atoms. The van der Waals surface area contributed by atoms with Crippen molar-refractivity contribution < 1.29 is 9.15 Å². The molecule has 29 heavy (non-hydrogen) atoms. The summed E-state index contributed by atoms with van der Waals surface area (Å²) < 4.78 is 11.7. The van der Waals surface area contributed by atoms with Crippen LogP contribution in [0.15, 0.2) is 88.1 Å². The number of fused-ring (bicyclic) bond motifs is 1. The molecule has 5 rings (SSSR count). The van der Waals surface area contributed by atoms with Crippen molar-refractivity contribution in [2.24, 2.45) is 0 Å². The van der Waals surface area contributed by atoms with E-state index in [1.165, 1.54) is 0 Å². The van der Waals surface area contributed by atoms with Gasteiger partial charge in [0.2, 0.25) is 0 Å². The highest BCUT2D eigenvalue weighted by Crippen LogP contribution is 2.32. The SMILES string of the molecule is O=c1cc(N2CCOCC2)oc2c(-c3cccc(-c4ccccc4)c3)cccc12. The van der Waals surface area contributed by atoms with E-state index in [0.717, 1.165) is 35.3 Å². The molecule has 1 fully saturated rings. The molecule has 1 aliphatic rings. The molecule has 0 radical (unpaired) electrons. The van der Waals surface area contributed by atoms with Gasteiger partial charge in [-0.25, -0.2) is 0 Å². The number of ether oxygens (including phenoxy) is 1. The molecule has 0 N–H and O–H groups in total. The van der Waals surface area contributed by atoms with Gasteiger partial charge >= 0.3 is 0 Å². The summed E-state index contributed by atoms with van der Waals surface area (Å²) in [5, 5.41) is 0.602. The quantitative estimate of drug-likeness (QED) is 0.501. The Balaban J connectivity index is 1.65. The van der Waals surface area contributed by atoms with Crippen LogP contribution in [0.4, 0.5) is 5.88 Å². The molecular weight excluding hydrogens is 362 g/mol. The Labute approximate surface area is 169 Å². The lowest BCUT2D eigenvalue weighted by Crippen LogP contribution is -2.36. The van der Waals surface area contributed by atoms with Crippen LogP contribution < -0.4 is 10.3 Å². The summed E-state index contributed by atoms with van der Waals surface area (Å²) in [6, 6.07) is 26.0. The maximum Gasteiger partial charge on any atom is 0.200 e. The monoisotopic (exact) mass is 383 g/mol. The van der Waals surface area contributed by atoms with E-state index < -0.39 is 0 Å². The minimum absolute atomic E-state index is 0.0196. The number of benzene rings is 3. The topological polar surface area (TPSA) is 42.7 Å². The van der Waals surface area contributed by atoms with Crippen LogP contribution in [0.25, 0.3) is 33.2 Å². The van der Waals surface area contributed by atoms with Crippen LogP contribution in [0.2, 0.25) is 0 Å². The van der Waals surface area contributed by atoms with Crippen LogP contribution in [-0.2, 0) is 4.74 Å². The van der Waals surface area contributed by atoms with Crippen molar-refractivity contribution in [2.45, 2.75) is 0 Å². The van der Waals surface area contributed by atoms with Crippen LogP contribution in [0.3, 0.4) is 0 Å². The second kappa shape index (κ2) is 7.57. The van der Waals surface area contributed by atoms with Crippen molar-refractivity contribution >= 4 is 16.9 Å². The fraction of sp³-hybridized carbons (Fsp3) is 0.160. The van der Waals surface area contributed by atoms with Gasteiger partial charge in [-0.2, -0.15) is 0 Å². The molecule has 0 unspecified atom stereocenters. The third kappa shape index (κ3) is 3.43. The minimum Gasteiger partial charge on any atom is -0.440 e. The van der Waals surface area contributed by atoms with Gasteiger partial charge in [-0.05, 0) is 28.8 Å². The van der Waals surface area contributed by atoms with Crippen LogP contribution in [-0.4, -0.2) is 26.3 Å². The minimum atomic E-state index is -0.0196. The predicted molar refractivity (Wildman–Crippen MR) is 116 cm³/mol. The van der Waals surface area contributed by atoms with Crippen molar-refractivity contribution in [3.8, 4) is 22.3 Å². The first kappa shape index (κ1) is 17.7. The Hall–Kier alpha value is -3.37. The molecule has 4 nitrogen and oxygen atoms in total. The molecule has 2 heterocycles. The molecule has 1 aromatic heterocycles. The highest BCUT2D eigenvalue weighted by molar-refractivity contribution is 5.93. The average molecular weight is 383 g/mol. The molecule has 1 saturated heterocycles. The first-order valence-electron chi connectivity index (χ1n) is 9.85. The number of morpholine rings is 1. The fourth-order valence-corrected chi connectivity index (χ4v) is 3.83. The van der Waals surface area contributed by atoms with E-state index in [1.54, 1.807) is 6.07 Å². The summed E-state index contributed by atoms with van der Waals surface area (Å²) >= 11 is 0. The second-order valence-corrected chi connectivity index (χ2v) is 7.18. The highest BCUT2D eigenvalue weighted by Gasteiger charge is 2.17. The molecule has 0 amide bonds. The van der Waals surface area contributed by atoms with Gasteiger partial charge in [0, 0.05) is 24.7 Å². The zero-order valence-electron chi connectivity index (χ0n) is 16.0. The molecule has 0 saturated carbocycles. The van der Waals surface area contributed by atoms with Gasteiger partial charge < -0.3 is 14.1 Å². The number of nitrogens with zero attached hydrogens (tertiary/aromatic N) is 1. The number of hydrogen-bond donors (Lipinski definition) is 0. The van der Waals surface area contributed by atoms with E-state index in [0.29, 0.717) is 30.1 Å². The zero-order chi connectivity index (χ0) is 19.6. The Morgan fingerprint density at radius 2 is 1.45 bits per heavy atom. The van der Waals surface area contributed by atoms with E-state index in [-0.39, 0.29) is 5.43 Å². The van der Waals surface area contributed by atoms with Crippen molar-refractivity contribution in [3.05, 3.63) is 89.1 Å². The summed E-state index contributed by atoms with van der Waals surface area (Å²) in [4.78, 5) is 14.9. The average Bonchev–Trinajstić information content (AvgIpc) is 2.80. The van der Waals surface area contributed by atoms with Crippen molar-refractivity contribution in [2.75, 3.05) is 31.2 Å². The molecule has 1 aliphatic heterocycles. The van der Waals surface area contributed by atoms with E-state index in [2.05, 4.69) is 35.2 Å². The Morgan fingerprint density at radius 3 is 2.28 bits per heavy atom. The molecule has 3 aromatic carbocycles. The molecule has 4 heteroatoms. The van der Waals surface area contributed by atoms with E-state index >= 15 is 0 Å². The van der Waals surface area contributed by atoms with Gasteiger partial charge in [-0.1, -0.05) is 60.7 Å². The molecule has 144 valence electrons. The van der Waals surface area contributed by atoms with Crippen molar-refractivity contribution in [1.29, 1.82) is 0 Å². The van der Waals surface area contributed by atoms with Gasteiger partial charge in [-0.15, -0.1) is 0 Å². The lowest BCUT2D eigenvalue weighted by atomic mass is 9.98. The third-order valence-electron chi connectivity index (χ3n) is 5.35. The lowest BCUT2D eigenvalue weighted by molar-refractivity contribution is 0.121. The summed E-state index contributed by atoms with van der Waals surface area (Å²) in [6.07, 6.45) is 0. The lowest BCUT2D eigenvalue weighted by Gasteiger charge is -2.27. The van der Waals surface area contributed by atoms with Gasteiger partial charge in [0.15, 0.2) is 11.3 Å². The van der Waals surface area contributed by atoms with Gasteiger partial charge in [0.05, 0.1) is 18.6 Å². The third-order valence-corrected chi connectivity index (χ3v) is 5.35. The van der Waals surface area contributed by atoms with E-state index in [9.17, 15) is 4.79 Å². The maximum atomic E-state index is 12.8. The summed E-state index contributed by atoms with van der Waals surface area (Å²) in [5.74, 6) is 0.609. The van der Waals surface area contributed by atoms with Gasteiger partial charge in [0.1, 0.15) is 5.58 Å². The van der Waals surface area contributed by atoms with E-state index in [4.69, 9.17) is 9.15 Å². The van der Waals surface area contributed by atoms with Crippen LogP contribution >= 0.6 is 0 Å². The molecule has 0 spiro atoms. The standard InChI is InChI=1S/C25H21NO3/c27-23-17-24(26-12-14-28-15-13-26)29-25-21(10-5-11-22(23)25)20-9-4-8-19(16-20)18-6-2-1-3-7-18/h1-11,16-17H,12-15H2. The molecule has 0 aliphatic carbocycles. The molecule has 0 atom stereocenters. The van der Waals surface area contributed by atoms with Crippen molar-refractivity contribution in [3.63, 3.8) is 0 Å². The van der Waals surface area contributed by atoms with Crippen LogP contribution in [0.1, 0.15) is 0 Å². The first-order chi connectivity index (χ1) is 14.3. The highest BCUT2D eigenvalue weighted by atomic mass is 16.5. The fourth-order valence-electron chi connectivity index (χ4n) is 3.83.